The van der Waals surface area contributed by atoms with E-state index in [2.05, 4.69) is 10.6 Å². The van der Waals surface area contributed by atoms with Crippen LogP contribution in [-0.2, 0) is 4.74 Å². The van der Waals surface area contributed by atoms with E-state index >= 15 is 0 Å². The summed E-state index contributed by atoms with van der Waals surface area (Å²) in [4.78, 5) is 11.4. The molecule has 0 aromatic carbocycles. The first-order chi connectivity index (χ1) is 7.81. The molecular formula is C12H24N2O3. The van der Waals surface area contributed by atoms with Gasteiger partial charge in [0, 0.05) is 13.1 Å². The minimum absolute atomic E-state index is 0.426. The van der Waals surface area contributed by atoms with Crippen LogP contribution in [0.5, 0.6) is 0 Å². The van der Waals surface area contributed by atoms with Gasteiger partial charge in [0.25, 0.3) is 0 Å². The number of rotatable bonds is 3. The number of amides is 1. The number of carbonyl (C=O) groups excluding carboxylic acids is 1. The molecule has 1 amide bonds. The molecule has 0 aromatic rings. The number of aliphatic hydroxyl groups is 1. The Kier molecular flexibility index (Phi) is 4.77. The summed E-state index contributed by atoms with van der Waals surface area (Å²) in [6.07, 6.45) is 1.89. The number of carbonyl (C=O) groups is 1. The molecule has 1 rings (SSSR count). The monoisotopic (exact) mass is 244 g/mol. The van der Waals surface area contributed by atoms with Gasteiger partial charge in [-0.3, -0.25) is 0 Å². The van der Waals surface area contributed by atoms with Crippen LogP contribution in [0.1, 0.15) is 40.0 Å². The highest BCUT2D eigenvalue weighted by atomic mass is 16.6. The number of ether oxygens (including phenoxy) is 1. The van der Waals surface area contributed by atoms with Crippen LogP contribution in [0.4, 0.5) is 4.79 Å². The molecule has 1 unspecified atom stereocenters. The number of β-amino-alcohol motifs (C(OH)–C–C–N with tert-alkyl or cyclic N) is 1. The average molecular weight is 244 g/mol. The lowest BCUT2D eigenvalue weighted by Crippen LogP contribution is -2.47. The van der Waals surface area contributed by atoms with Crippen molar-refractivity contribution in [2.45, 2.75) is 51.2 Å². The van der Waals surface area contributed by atoms with Crippen LogP contribution in [0.3, 0.4) is 0 Å². The topological polar surface area (TPSA) is 70.6 Å². The molecule has 0 spiro atoms. The molecule has 1 saturated heterocycles. The number of hydrogen-bond donors (Lipinski definition) is 3. The molecule has 0 aliphatic carbocycles. The zero-order chi connectivity index (χ0) is 12.9. The van der Waals surface area contributed by atoms with E-state index in [1.807, 2.05) is 20.8 Å². The van der Waals surface area contributed by atoms with Crippen molar-refractivity contribution in [2.75, 3.05) is 19.6 Å². The standard InChI is InChI=1S/C12H24N2O3/c1-11(2,3)17-10(15)14-8-6-12(16)5-4-7-13-9-12/h13,16H,4-9H2,1-3H3,(H,14,15). The Morgan fingerprint density at radius 2 is 2.24 bits per heavy atom. The molecular weight excluding hydrogens is 220 g/mol. The summed E-state index contributed by atoms with van der Waals surface area (Å²) in [5, 5.41) is 16.0. The summed E-state index contributed by atoms with van der Waals surface area (Å²) >= 11 is 0. The van der Waals surface area contributed by atoms with Crippen molar-refractivity contribution in [3.63, 3.8) is 0 Å². The highest BCUT2D eigenvalue weighted by Gasteiger charge is 2.28. The van der Waals surface area contributed by atoms with E-state index in [9.17, 15) is 9.90 Å². The van der Waals surface area contributed by atoms with Gasteiger partial charge in [-0.1, -0.05) is 0 Å². The van der Waals surface area contributed by atoms with Gasteiger partial charge in [-0.25, -0.2) is 4.79 Å². The fraction of sp³-hybridized carbons (Fsp3) is 0.917. The van der Waals surface area contributed by atoms with Gasteiger partial charge < -0.3 is 20.5 Å². The fourth-order valence-corrected chi connectivity index (χ4v) is 1.88. The van der Waals surface area contributed by atoms with Gasteiger partial charge in [0.05, 0.1) is 5.60 Å². The predicted octanol–water partition coefficient (Wildman–Crippen LogP) is 1.02. The van der Waals surface area contributed by atoms with Crippen molar-refractivity contribution in [3.8, 4) is 0 Å². The van der Waals surface area contributed by atoms with Gasteiger partial charge in [-0.05, 0) is 46.6 Å². The largest absolute Gasteiger partial charge is 0.444 e. The Balaban J connectivity index is 2.20. The predicted molar refractivity (Wildman–Crippen MR) is 65.9 cm³/mol. The molecule has 1 heterocycles. The second-order valence-corrected chi connectivity index (χ2v) is 5.68. The Morgan fingerprint density at radius 1 is 1.53 bits per heavy atom. The Morgan fingerprint density at radius 3 is 2.76 bits per heavy atom. The zero-order valence-corrected chi connectivity index (χ0v) is 11.0. The zero-order valence-electron chi connectivity index (χ0n) is 11.0. The molecule has 0 aromatic heterocycles. The first-order valence-corrected chi connectivity index (χ1v) is 6.21. The summed E-state index contributed by atoms with van der Waals surface area (Å²) in [5.41, 5.74) is -1.17. The van der Waals surface area contributed by atoms with Gasteiger partial charge in [0.2, 0.25) is 0 Å². The maximum atomic E-state index is 11.4. The van der Waals surface area contributed by atoms with Gasteiger partial charge in [-0.2, -0.15) is 0 Å². The summed E-state index contributed by atoms with van der Waals surface area (Å²) < 4.78 is 5.11. The van der Waals surface area contributed by atoms with Crippen molar-refractivity contribution < 1.29 is 14.6 Å². The molecule has 17 heavy (non-hydrogen) atoms. The van der Waals surface area contributed by atoms with Crippen LogP contribution in [0.25, 0.3) is 0 Å². The average Bonchev–Trinajstić information content (AvgIpc) is 2.15. The molecule has 1 atom stereocenters. The van der Waals surface area contributed by atoms with E-state index in [-0.39, 0.29) is 0 Å². The summed E-state index contributed by atoms with van der Waals surface area (Å²) in [6.45, 7) is 7.47. The molecule has 3 N–H and O–H groups in total. The van der Waals surface area contributed by atoms with E-state index in [0.29, 0.717) is 19.5 Å². The van der Waals surface area contributed by atoms with Crippen molar-refractivity contribution in [1.82, 2.24) is 10.6 Å². The molecule has 1 aliphatic heterocycles. The third-order valence-electron chi connectivity index (χ3n) is 2.71. The lowest BCUT2D eigenvalue weighted by Gasteiger charge is -2.32. The quantitative estimate of drug-likeness (QED) is 0.693. The van der Waals surface area contributed by atoms with Crippen molar-refractivity contribution >= 4 is 6.09 Å². The summed E-state index contributed by atoms with van der Waals surface area (Å²) in [7, 11) is 0. The SMILES string of the molecule is CC(C)(C)OC(=O)NCCC1(O)CCCNC1. The Bertz CT molecular complexity index is 255. The van der Waals surface area contributed by atoms with Crippen LogP contribution < -0.4 is 10.6 Å². The van der Waals surface area contributed by atoms with Gasteiger partial charge >= 0.3 is 6.09 Å². The van der Waals surface area contributed by atoms with Crippen LogP contribution in [0.15, 0.2) is 0 Å². The maximum Gasteiger partial charge on any atom is 0.407 e. The van der Waals surface area contributed by atoms with Gasteiger partial charge in [0.1, 0.15) is 5.60 Å². The lowest BCUT2D eigenvalue weighted by atomic mass is 9.91. The first kappa shape index (κ1) is 14.3. The molecule has 0 radical (unpaired) electrons. The van der Waals surface area contributed by atoms with E-state index < -0.39 is 17.3 Å². The number of alkyl carbamates (subject to hydrolysis) is 1. The Labute approximate surface area is 103 Å². The smallest absolute Gasteiger partial charge is 0.407 e. The van der Waals surface area contributed by atoms with Crippen LogP contribution in [0, 0.1) is 0 Å². The summed E-state index contributed by atoms with van der Waals surface area (Å²) in [5.74, 6) is 0. The van der Waals surface area contributed by atoms with Gasteiger partial charge in [-0.15, -0.1) is 0 Å². The first-order valence-electron chi connectivity index (χ1n) is 6.21. The van der Waals surface area contributed by atoms with E-state index in [1.165, 1.54) is 0 Å². The van der Waals surface area contributed by atoms with E-state index in [0.717, 1.165) is 19.4 Å². The Hall–Kier alpha value is -0.810. The number of piperidine rings is 1. The second-order valence-electron chi connectivity index (χ2n) is 5.68. The van der Waals surface area contributed by atoms with Crippen molar-refractivity contribution in [3.05, 3.63) is 0 Å². The maximum absolute atomic E-state index is 11.4. The third-order valence-corrected chi connectivity index (χ3v) is 2.71. The molecule has 0 saturated carbocycles. The highest BCUT2D eigenvalue weighted by Crippen LogP contribution is 2.19. The van der Waals surface area contributed by atoms with Crippen LogP contribution in [-0.4, -0.2) is 42.0 Å². The van der Waals surface area contributed by atoms with Crippen LogP contribution in [0.2, 0.25) is 0 Å². The van der Waals surface area contributed by atoms with Crippen LogP contribution >= 0.6 is 0 Å². The third kappa shape index (κ3) is 5.89. The fourth-order valence-electron chi connectivity index (χ4n) is 1.88. The van der Waals surface area contributed by atoms with Gasteiger partial charge in [0.15, 0.2) is 0 Å². The molecule has 5 heteroatoms. The van der Waals surface area contributed by atoms with Crippen molar-refractivity contribution in [1.29, 1.82) is 0 Å². The molecule has 100 valence electrons. The molecule has 1 aliphatic rings. The normalized spacial score (nSPS) is 25.4. The van der Waals surface area contributed by atoms with E-state index in [4.69, 9.17) is 4.74 Å². The minimum Gasteiger partial charge on any atom is -0.444 e. The van der Waals surface area contributed by atoms with E-state index in [1.54, 1.807) is 0 Å². The molecule has 5 nitrogen and oxygen atoms in total. The minimum atomic E-state index is -0.687. The number of nitrogens with one attached hydrogen (secondary N) is 2. The van der Waals surface area contributed by atoms with Crippen molar-refractivity contribution in [2.24, 2.45) is 0 Å². The number of hydrogen-bond acceptors (Lipinski definition) is 4. The highest BCUT2D eigenvalue weighted by molar-refractivity contribution is 5.67. The second kappa shape index (κ2) is 5.69. The lowest BCUT2D eigenvalue weighted by molar-refractivity contribution is 0.00745. The summed E-state index contributed by atoms with van der Waals surface area (Å²) in [6, 6.07) is 0. The molecule has 0 bridgehead atoms. The molecule has 1 fully saturated rings.